The van der Waals surface area contributed by atoms with Crippen LogP contribution in [0.15, 0.2) is 60.7 Å². The summed E-state index contributed by atoms with van der Waals surface area (Å²) in [6, 6.07) is 17.0. The topological polar surface area (TPSA) is 94.8 Å². The molecule has 0 fully saturated rings. The fourth-order valence-electron chi connectivity index (χ4n) is 1.01. The average molecular weight is 276 g/mol. The van der Waals surface area contributed by atoms with Crippen molar-refractivity contribution in [1.29, 1.82) is 0 Å². The van der Waals surface area contributed by atoms with Gasteiger partial charge in [0, 0.05) is 6.92 Å². The van der Waals surface area contributed by atoms with Gasteiger partial charge in [-0.15, -0.1) is 0 Å². The number of rotatable bonds is 1. The molecule has 106 valence electrons. The number of benzene rings is 2. The number of phenolic OH excluding ortho intramolecular Hbond substituents is 1. The SMILES string of the molecule is CC(=O)O.O=C(O)c1ccccc1.Oc1ccccc1. The van der Waals surface area contributed by atoms with Crippen molar-refractivity contribution in [3.05, 3.63) is 66.2 Å². The number of para-hydroxylation sites is 1. The maximum atomic E-state index is 10.2. The van der Waals surface area contributed by atoms with Crippen molar-refractivity contribution >= 4 is 11.9 Å². The van der Waals surface area contributed by atoms with Gasteiger partial charge in [-0.25, -0.2) is 4.79 Å². The molecule has 0 aliphatic rings. The van der Waals surface area contributed by atoms with E-state index < -0.39 is 11.9 Å². The van der Waals surface area contributed by atoms with E-state index in [0.717, 1.165) is 6.92 Å². The van der Waals surface area contributed by atoms with Gasteiger partial charge in [-0.2, -0.15) is 0 Å². The molecule has 0 saturated carbocycles. The molecule has 0 spiro atoms. The fraction of sp³-hybridized carbons (Fsp3) is 0.0667. The Kier molecular flexibility index (Phi) is 8.71. The lowest BCUT2D eigenvalue weighted by atomic mass is 10.2. The number of carboxylic acid groups (broad SMARTS) is 2. The molecule has 0 aliphatic heterocycles. The van der Waals surface area contributed by atoms with Gasteiger partial charge in [0.15, 0.2) is 0 Å². The van der Waals surface area contributed by atoms with Crippen molar-refractivity contribution in [2.75, 3.05) is 0 Å². The lowest BCUT2D eigenvalue weighted by Crippen LogP contribution is -1.93. The van der Waals surface area contributed by atoms with Gasteiger partial charge in [0.25, 0.3) is 5.97 Å². The zero-order valence-electron chi connectivity index (χ0n) is 10.9. The molecule has 5 heteroatoms. The number of carboxylic acids is 2. The van der Waals surface area contributed by atoms with E-state index in [1.807, 2.05) is 6.07 Å². The minimum absolute atomic E-state index is 0.322. The van der Waals surface area contributed by atoms with Crippen molar-refractivity contribution in [3.8, 4) is 5.75 Å². The first-order valence-corrected chi connectivity index (χ1v) is 5.65. The smallest absolute Gasteiger partial charge is 0.335 e. The Morgan fingerprint density at radius 2 is 1.15 bits per heavy atom. The van der Waals surface area contributed by atoms with E-state index in [2.05, 4.69) is 0 Å². The van der Waals surface area contributed by atoms with Crippen LogP contribution in [0.2, 0.25) is 0 Å². The number of aromatic hydroxyl groups is 1. The third-order valence-electron chi connectivity index (χ3n) is 1.78. The molecule has 0 aromatic heterocycles. The lowest BCUT2D eigenvalue weighted by Gasteiger charge is -1.88. The zero-order valence-corrected chi connectivity index (χ0v) is 10.9. The summed E-state index contributed by atoms with van der Waals surface area (Å²) in [4.78, 5) is 19.2. The number of phenols is 1. The molecule has 0 aliphatic carbocycles. The highest BCUT2D eigenvalue weighted by molar-refractivity contribution is 5.87. The highest BCUT2D eigenvalue weighted by Crippen LogP contribution is 2.02. The Morgan fingerprint density at radius 3 is 1.35 bits per heavy atom. The Bertz CT molecular complexity index is 504. The van der Waals surface area contributed by atoms with Gasteiger partial charge in [-0.1, -0.05) is 36.4 Å². The first-order valence-electron chi connectivity index (χ1n) is 5.65. The molecule has 2 aromatic carbocycles. The zero-order chi connectivity index (χ0) is 15.4. The predicted octanol–water partition coefficient (Wildman–Crippen LogP) is 2.87. The molecule has 0 saturated heterocycles. The number of aromatic carboxylic acids is 1. The summed E-state index contributed by atoms with van der Waals surface area (Å²) in [6.07, 6.45) is 0. The molecular weight excluding hydrogens is 260 g/mol. The van der Waals surface area contributed by atoms with Gasteiger partial charge in [0.1, 0.15) is 5.75 Å². The second-order valence-electron chi connectivity index (χ2n) is 3.53. The van der Waals surface area contributed by atoms with E-state index >= 15 is 0 Å². The third kappa shape index (κ3) is 10.3. The Hall–Kier alpha value is -2.82. The molecule has 5 nitrogen and oxygen atoms in total. The largest absolute Gasteiger partial charge is 0.508 e. The first-order chi connectivity index (χ1) is 9.43. The Labute approximate surface area is 116 Å². The van der Waals surface area contributed by atoms with Crippen LogP contribution in [0.1, 0.15) is 17.3 Å². The van der Waals surface area contributed by atoms with Crippen molar-refractivity contribution in [3.63, 3.8) is 0 Å². The van der Waals surface area contributed by atoms with E-state index in [-0.39, 0.29) is 0 Å². The second-order valence-corrected chi connectivity index (χ2v) is 3.53. The molecule has 2 aromatic rings. The van der Waals surface area contributed by atoms with Gasteiger partial charge in [-0.3, -0.25) is 4.79 Å². The van der Waals surface area contributed by atoms with Crippen molar-refractivity contribution in [2.45, 2.75) is 6.92 Å². The van der Waals surface area contributed by atoms with Gasteiger partial charge in [0.2, 0.25) is 0 Å². The fourth-order valence-corrected chi connectivity index (χ4v) is 1.01. The summed E-state index contributed by atoms with van der Waals surface area (Å²) in [5.41, 5.74) is 0.331. The molecular formula is C15H16O5. The summed E-state index contributed by atoms with van der Waals surface area (Å²) in [7, 11) is 0. The monoisotopic (exact) mass is 276 g/mol. The van der Waals surface area contributed by atoms with Gasteiger partial charge < -0.3 is 15.3 Å². The van der Waals surface area contributed by atoms with E-state index in [4.69, 9.17) is 20.1 Å². The van der Waals surface area contributed by atoms with Crippen molar-refractivity contribution in [1.82, 2.24) is 0 Å². The molecule has 3 N–H and O–H groups in total. The second kappa shape index (κ2) is 10.1. The van der Waals surface area contributed by atoms with Gasteiger partial charge >= 0.3 is 5.97 Å². The maximum Gasteiger partial charge on any atom is 0.335 e. The van der Waals surface area contributed by atoms with Crippen LogP contribution >= 0.6 is 0 Å². The molecule has 0 amide bonds. The Balaban J connectivity index is 0.000000293. The van der Waals surface area contributed by atoms with Crippen LogP contribution < -0.4 is 0 Å². The van der Waals surface area contributed by atoms with Crippen molar-refractivity contribution in [2.24, 2.45) is 0 Å². The highest BCUT2D eigenvalue weighted by atomic mass is 16.4. The highest BCUT2D eigenvalue weighted by Gasteiger charge is 1.96. The summed E-state index contributed by atoms with van der Waals surface area (Å²) >= 11 is 0. The lowest BCUT2D eigenvalue weighted by molar-refractivity contribution is -0.134. The van der Waals surface area contributed by atoms with Crippen LogP contribution in [0.4, 0.5) is 0 Å². The molecule has 0 heterocycles. The van der Waals surface area contributed by atoms with E-state index in [1.54, 1.807) is 54.6 Å². The van der Waals surface area contributed by atoms with Crippen LogP contribution in [0, 0.1) is 0 Å². The summed E-state index contributed by atoms with van der Waals surface area (Å²) in [6.45, 7) is 1.08. The number of hydrogen-bond donors (Lipinski definition) is 3. The first kappa shape index (κ1) is 17.2. The molecule has 0 unspecified atom stereocenters. The maximum absolute atomic E-state index is 10.2. The molecule has 0 radical (unpaired) electrons. The average Bonchev–Trinajstić information content (AvgIpc) is 2.41. The third-order valence-corrected chi connectivity index (χ3v) is 1.78. The van der Waals surface area contributed by atoms with Crippen LogP contribution in [0.25, 0.3) is 0 Å². The molecule has 0 bridgehead atoms. The van der Waals surface area contributed by atoms with Crippen LogP contribution in [-0.2, 0) is 4.79 Å². The quantitative estimate of drug-likeness (QED) is 0.744. The van der Waals surface area contributed by atoms with Crippen LogP contribution in [0.3, 0.4) is 0 Å². The van der Waals surface area contributed by atoms with E-state index in [0.29, 0.717) is 11.3 Å². The number of aliphatic carboxylic acids is 1. The normalized spacial score (nSPS) is 8.25. The van der Waals surface area contributed by atoms with Crippen LogP contribution in [-0.4, -0.2) is 27.3 Å². The van der Waals surface area contributed by atoms with Crippen molar-refractivity contribution < 1.29 is 24.9 Å². The summed E-state index contributed by atoms with van der Waals surface area (Å²) in [5.74, 6) is -1.39. The van der Waals surface area contributed by atoms with Gasteiger partial charge in [-0.05, 0) is 24.3 Å². The summed E-state index contributed by atoms with van der Waals surface area (Å²) < 4.78 is 0. The van der Waals surface area contributed by atoms with E-state index in [1.165, 1.54) is 0 Å². The van der Waals surface area contributed by atoms with Gasteiger partial charge in [0.05, 0.1) is 5.56 Å². The number of hydrogen-bond acceptors (Lipinski definition) is 3. The molecule has 20 heavy (non-hydrogen) atoms. The minimum atomic E-state index is -0.879. The Morgan fingerprint density at radius 1 is 0.800 bits per heavy atom. The molecule has 0 atom stereocenters. The number of carbonyl (C=O) groups is 2. The molecule has 2 rings (SSSR count). The van der Waals surface area contributed by atoms with E-state index in [9.17, 15) is 4.79 Å². The minimum Gasteiger partial charge on any atom is -0.508 e. The van der Waals surface area contributed by atoms with Crippen LogP contribution in [0.5, 0.6) is 5.75 Å². The predicted molar refractivity (Wildman–Crippen MR) is 74.8 cm³/mol. The standard InChI is InChI=1S/C7H6O2.C6H6O.C2H4O2/c8-7(9)6-4-2-1-3-5-6;7-6-4-2-1-3-5-6;1-2(3)4/h1-5H,(H,8,9);1-5,7H;1H3,(H,3,4). The summed E-state index contributed by atoms with van der Waals surface area (Å²) in [5, 5.41) is 24.4.